The van der Waals surface area contributed by atoms with Crippen LogP contribution in [0.5, 0.6) is 0 Å². The lowest BCUT2D eigenvalue weighted by atomic mass is 10.2. The Kier molecular flexibility index (Phi) is 2.53. The maximum Gasteiger partial charge on any atom is 0.0510 e. The molecule has 0 heterocycles. The van der Waals surface area contributed by atoms with E-state index in [0.29, 0.717) is 6.54 Å². The van der Waals surface area contributed by atoms with Crippen LogP contribution in [0.2, 0.25) is 0 Å². The van der Waals surface area contributed by atoms with Crippen molar-refractivity contribution in [3.63, 3.8) is 0 Å². The molecule has 1 rings (SSSR count). The largest absolute Gasteiger partial charge is 0.0893 e. The van der Waals surface area contributed by atoms with E-state index in [1.807, 2.05) is 31.2 Å². The summed E-state index contributed by atoms with van der Waals surface area (Å²) in [4.78, 5) is 2.68. The average molecular weight is 147 g/mol. The Morgan fingerprint density at radius 2 is 2.00 bits per heavy atom. The molecule has 0 spiro atoms. The number of azide groups is 1. The van der Waals surface area contributed by atoms with E-state index in [2.05, 4.69) is 10.0 Å². The summed E-state index contributed by atoms with van der Waals surface area (Å²) in [5.41, 5.74) is 10.3. The summed E-state index contributed by atoms with van der Waals surface area (Å²) in [6.45, 7) is 2.47. The van der Waals surface area contributed by atoms with Gasteiger partial charge in [0.1, 0.15) is 0 Å². The molecule has 0 aliphatic carbocycles. The second-order valence-corrected chi connectivity index (χ2v) is 2.37. The van der Waals surface area contributed by atoms with Crippen molar-refractivity contribution in [2.45, 2.75) is 13.5 Å². The maximum absolute atomic E-state index is 8.04. The minimum absolute atomic E-state index is 0.441. The summed E-state index contributed by atoms with van der Waals surface area (Å²) in [5.74, 6) is 0. The Labute approximate surface area is 65.3 Å². The molecule has 0 bridgehead atoms. The number of hydrogen-bond acceptors (Lipinski definition) is 1. The zero-order chi connectivity index (χ0) is 8.10. The van der Waals surface area contributed by atoms with E-state index < -0.39 is 0 Å². The first-order valence-electron chi connectivity index (χ1n) is 3.39. The zero-order valence-corrected chi connectivity index (χ0v) is 6.36. The minimum Gasteiger partial charge on any atom is -0.0893 e. The summed E-state index contributed by atoms with van der Waals surface area (Å²) in [6, 6.07) is 7.93. The van der Waals surface area contributed by atoms with Crippen LogP contribution in [0, 0.1) is 6.92 Å². The van der Waals surface area contributed by atoms with Crippen LogP contribution in [0.3, 0.4) is 0 Å². The van der Waals surface area contributed by atoms with Gasteiger partial charge in [-0.2, -0.15) is 0 Å². The van der Waals surface area contributed by atoms with Crippen molar-refractivity contribution >= 4 is 0 Å². The van der Waals surface area contributed by atoms with Crippen molar-refractivity contribution in [3.8, 4) is 0 Å². The highest BCUT2D eigenvalue weighted by Gasteiger charge is 1.87. The van der Waals surface area contributed by atoms with Gasteiger partial charge in [-0.1, -0.05) is 34.9 Å². The topological polar surface area (TPSA) is 48.8 Å². The monoisotopic (exact) mass is 147 g/mol. The molecule has 56 valence electrons. The quantitative estimate of drug-likeness (QED) is 0.351. The fraction of sp³-hybridized carbons (Fsp3) is 0.250. The van der Waals surface area contributed by atoms with Crippen molar-refractivity contribution in [1.82, 2.24) is 0 Å². The third kappa shape index (κ3) is 2.32. The molecule has 0 amide bonds. The second-order valence-electron chi connectivity index (χ2n) is 2.37. The molecule has 0 unspecified atom stereocenters. The molecule has 11 heavy (non-hydrogen) atoms. The molecular formula is C8H9N3. The van der Waals surface area contributed by atoms with Crippen LogP contribution in [0.1, 0.15) is 11.1 Å². The number of rotatable bonds is 2. The van der Waals surface area contributed by atoms with Crippen LogP contribution in [-0.2, 0) is 6.54 Å². The number of benzene rings is 1. The summed E-state index contributed by atoms with van der Waals surface area (Å²) in [5, 5.41) is 3.45. The van der Waals surface area contributed by atoms with E-state index in [-0.39, 0.29) is 0 Å². The normalized spacial score (nSPS) is 8.82. The molecule has 0 saturated heterocycles. The van der Waals surface area contributed by atoms with Gasteiger partial charge in [-0.25, -0.2) is 0 Å². The van der Waals surface area contributed by atoms with E-state index in [4.69, 9.17) is 5.53 Å². The highest BCUT2D eigenvalue weighted by Crippen LogP contribution is 2.03. The Balaban J connectivity index is 2.73. The molecule has 0 aliphatic heterocycles. The van der Waals surface area contributed by atoms with Gasteiger partial charge in [-0.15, -0.1) is 0 Å². The lowest BCUT2D eigenvalue weighted by Crippen LogP contribution is -1.79. The molecule has 0 aromatic heterocycles. The molecular weight excluding hydrogens is 138 g/mol. The third-order valence-electron chi connectivity index (χ3n) is 1.44. The standard InChI is InChI=1S/C8H9N3/c1-7-2-4-8(5-3-7)6-10-11-9/h2-5H,6H2,1H3. The third-order valence-corrected chi connectivity index (χ3v) is 1.44. The highest BCUT2D eigenvalue weighted by atomic mass is 15.1. The molecule has 1 aromatic rings. The lowest BCUT2D eigenvalue weighted by molar-refractivity contribution is 1.05. The Morgan fingerprint density at radius 3 is 2.55 bits per heavy atom. The summed E-state index contributed by atoms with van der Waals surface area (Å²) < 4.78 is 0. The molecule has 0 saturated carbocycles. The number of hydrogen-bond donors (Lipinski definition) is 0. The van der Waals surface area contributed by atoms with E-state index >= 15 is 0 Å². The van der Waals surface area contributed by atoms with Crippen LogP contribution in [0.25, 0.3) is 10.4 Å². The van der Waals surface area contributed by atoms with Crippen LogP contribution in [-0.4, -0.2) is 0 Å². The van der Waals surface area contributed by atoms with E-state index in [9.17, 15) is 0 Å². The van der Waals surface area contributed by atoms with Crippen LogP contribution >= 0.6 is 0 Å². The fourth-order valence-corrected chi connectivity index (χ4v) is 0.807. The van der Waals surface area contributed by atoms with Crippen molar-refractivity contribution in [3.05, 3.63) is 45.8 Å². The maximum atomic E-state index is 8.04. The van der Waals surface area contributed by atoms with Crippen molar-refractivity contribution in [1.29, 1.82) is 0 Å². The first-order valence-corrected chi connectivity index (χ1v) is 3.39. The molecule has 3 nitrogen and oxygen atoms in total. The van der Waals surface area contributed by atoms with Gasteiger partial charge in [-0.3, -0.25) is 0 Å². The van der Waals surface area contributed by atoms with Gasteiger partial charge >= 0.3 is 0 Å². The van der Waals surface area contributed by atoms with Gasteiger partial charge in [-0.05, 0) is 18.0 Å². The summed E-state index contributed by atoms with van der Waals surface area (Å²) >= 11 is 0. The Morgan fingerprint density at radius 1 is 1.36 bits per heavy atom. The highest BCUT2D eigenvalue weighted by molar-refractivity contribution is 5.21. The van der Waals surface area contributed by atoms with Crippen molar-refractivity contribution in [2.24, 2.45) is 5.11 Å². The van der Waals surface area contributed by atoms with E-state index in [1.54, 1.807) is 0 Å². The van der Waals surface area contributed by atoms with Crippen molar-refractivity contribution in [2.75, 3.05) is 0 Å². The number of nitrogens with zero attached hydrogens (tertiary/aromatic N) is 3. The minimum atomic E-state index is 0.441. The first-order chi connectivity index (χ1) is 5.33. The van der Waals surface area contributed by atoms with Gasteiger partial charge in [0.15, 0.2) is 0 Å². The van der Waals surface area contributed by atoms with Crippen LogP contribution in [0.4, 0.5) is 0 Å². The molecule has 0 N–H and O–H groups in total. The zero-order valence-electron chi connectivity index (χ0n) is 6.36. The molecule has 0 radical (unpaired) electrons. The van der Waals surface area contributed by atoms with Gasteiger partial charge in [0, 0.05) is 4.91 Å². The molecule has 3 heteroatoms. The molecule has 1 aromatic carbocycles. The van der Waals surface area contributed by atoms with Gasteiger partial charge in [0.2, 0.25) is 0 Å². The van der Waals surface area contributed by atoms with Crippen molar-refractivity contribution < 1.29 is 0 Å². The lowest BCUT2D eigenvalue weighted by Gasteiger charge is -1.94. The predicted molar refractivity (Wildman–Crippen MR) is 44.0 cm³/mol. The molecule has 0 fully saturated rings. The van der Waals surface area contributed by atoms with E-state index in [1.165, 1.54) is 5.56 Å². The summed E-state index contributed by atoms with van der Waals surface area (Å²) in [6.07, 6.45) is 0. The Bertz CT molecular complexity index is 270. The smallest absolute Gasteiger partial charge is 0.0510 e. The van der Waals surface area contributed by atoms with Gasteiger partial charge in [0.05, 0.1) is 6.54 Å². The SMILES string of the molecule is Cc1ccc(CN=[N+]=[N-])cc1. The first kappa shape index (κ1) is 7.63. The van der Waals surface area contributed by atoms with Gasteiger partial charge in [0.25, 0.3) is 0 Å². The average Bonchev–Trinajstić information content (AvgIpc) is 2.04. The predicted octanol–water partition coefficient (Wildman–Crippen LogP) is 2.81. The van der Waals surface area contributed by atoms with Crippen LogP contribution < -0.4 is 0 Å². The molecule has 0 atom stereocenters. The second kappa shape index (κ2) is 3.64. The summed E-state index contributed by atoms with van der Waals surface area (Å²) in [7, 11) is 0. The number of aryl methyl sites for hydroxylation is 1. The van der Waals surface area contributed by atoms with Gasteiger partial charge < -0.3 is 0 Å². The molecule has 0 aliphatic rings. The Hall–Kier alpha value is -1.47. The van der Waals surface area contributed by atoms with E-state index in [0.717, 1.165) is 5.56 Å². The van der Waals surface area contributed by atoms with Crippen LogP contribution in [0.15, 0.2) is 29.4 Å². The fourth-order valence-electron chi connectivity index (χ4n) is 0.807.